The second kappa shape index (κ2) is 5.92. The Morgan fingerprint density at radius 1 is 1.15 bits per heavy atom. The molecular weight excluding hydrogens is 256 g/mol. The van der Waals surface area contributed by atoms with Crippen molar-refractivity contribution in [2.24, 2.45) is 5.41 Å². The number of carbonyl (C=O) groups excluding carboxylic acids is 2. The van der Waals surface area contributed by atoms with E-state index in [1.807, 2.05) is 6.92 Å². The van der Waals surface area contributed by atoms with Crippen molar-refractivity contribution in [3.63, 3.8) is 0 Å². The summed E-state index contributed by atoms with van der Waals surface area (Å²) in [6.07, 6.45) is 0.842. The van der Waals surface area contributed by atoms with Crippen molar-refractivity contribution >= 4 is 23.3 Å². The number of anilines is 2. The van der Waals surface area contributed by atoms with Gasteiger partial charge in [0.05, 0.1) is 5.41 Å². The molecule has 3 amide bonds. The topological polar surface area (TPSA) is 82.3 Å². The van der Waals surface area contributed by atoms with Crippen LogP contribution in [0.25, 0.3) is 0 Å². The average Bonchev–Trinajstić information content (AvgIpc) is 2.89. The van der Waals surface area contributed by atoms with Crippen molar-refractivity contribution in [3.8, 4) is 0 Å². The van der Waals surface area contributed by atoms with E-state index in [-0.39, 0.29) is 17.4 Å². The van der Waals surface area contributed by atoms with Gasteiger partial charge in [-0.15, -0.1) is 0 Å². The molecule has 0 spiro atoms. The van der Waals surface area contributed by atoms with E-state index in [4.69, 9.17) is 0 Å². The summed E-state index contributed by atoms with van der Waals surface area (Å²) < 4.78 is 0. The molecule has 1 aliphatic rings. The number of urea groups is 1. The fourth-order valence-electron chi connectivity index (χ4n) is 2.12. The Kier molecular flexibility index (Phi) is 4.24. The first-order chi connectivity index (χ1) is 9.53. The quantitative estimate of drug-likeness (QED) is 0.673. The van der Waals surface area contributed by atoms with Gasteiger partial charge in [-0.1, -0.05) is 0 Å². The molecule has 6 nitrogen and oxygen atoms in total. The Bertz CT molecular complexity index is 492. The van der Waals surface area contributed by atoms with E-state index in [0.717, 1.165) is 18.7 Å². The van der Waals surface area contributed by atoms with Crippen LogP contribution in [0.5, 0.6) is 0 Å². The highest BCUT2D eigenvalue weighted by Gasteiger charge is 2.36. The second-order valence-electron chi connectivity index (χ2n) is 5.22. The summed E-state index contributed by atoms with van der Waals surface area (Å²) in [5.41, 5.74) is 1.06. The first-order valence-electron chi connectivity index (χ1n) is 6.64. The van der Waals surface area contributed by atoms with E-state index < -0.39 is 0 Å². The fraction of sp³-hybridized carbons (Fsp3) is 0.429. The monoisotopic (exact) mass is 276 g/mol. The molecule has 6 heteroatoms. The van der Waals surface area contributed by atoms with Crippen molar-refractivity contribution in [1.29, 1.82) is 0 Å². The number of hydrogen-bond donors (Lipinski definition) is 4. The molecule has 1 fully saturated rings. The lowest BCUT2D eigenvalue weighted by Gasteiger charge is -2.21. The molecule has 1 atom stereocenters. The first kappa shape index (κ1) is 14.3. The summed E-state index contributed by atoms with van der Waals surface area (Å²) >= 11 is 0. The van der Waals surface area contributed by atoms with E-state index in [2.05, 4.69) is 21.3 Å². The van der Waals surface area contributed by atoms with Crippen molar-refractivity contribution < 1.29 is 9.59 Å². The smallest absolute Gasteiger partial charge is 0.318 e. The predicted octanol–water partition coefficient (Wildman–Crippen LogP) is 1.38. The molecule has 2 rings (SSSR count). The zero-order chi connectivity index (χ0) is 14.6. The third kappa shape index (κ3) is 3.27. The second-order valence-corrected chi connectivity index (χ2v) is 5.22. The number of nitrogens with one attached hydrogen (secondary N) is 4. The van der Waals surface area contributed by atoms with Crippen LogP contribution in [-0.4, -0.2) is 32.1 Å². The van der Waals surface area contributed by atoms with Gasteiger partial charge in [0.2, 0.25) is 5.91 Å². The molecule has 0 saturated carbocycles. The minimum Gasteiger partial charge on any atom is -0.341 e. The van der Waals surface area contributed by atoms with E-state index in [9.17, 15) is 9.59 Å². The highest BCUT2D eigenvalue weighted by atomic mass is 16.2. The minimum atomic E-state index is -0.348. The standard InChI is InChI=1S/C14H20N4O2/c1-14(7-8-16-9-14)12(19)17-10-3-5-11(6-4-10)18-13(20)15-2/h3-6,16H,7-9H2,1-2H3,(H,17,19)(H2,15,18,20). The highest BCUT2D eigenvalue weighted by Crippen LogP contribution is 2.26. The average molecular weight is 276 g/mol. The molecule has 1 saturated heterocycles. The normalized spacial score (nSPS) is 21.3. The molecule has 108 valence electrons. The Balaban J connectivity index is 1.96. The lowest BCUT2D eigenvalue weighted by molar-refractivity contribution is -0.123. The van der Waals surface area contributed by atoms with Crippen molar-refractivity contribution in [3.05, 3.63) is 24.3 Å². The van der Waals surface area contributed by atoms with Crippen LogP contribution in [0.2, 0.25) is 0 Å². The molecule has 1 unspecified atom stereocenters. The van der Waals surface area contributed by atoms with Crippen LogP contribution >= 0.6 is 0 Å². The van der Waals surface area contributed by atoms with E-state index in [1.165, 1.54) is 0 Å². The lowest BCUT2D eigenvalue weighted by Crippen LogP contribution is -2.35. The number of carbonyl (C=O) groups is 2. The van der Waals surface area contributed by atoms with E-state index in [1.54, 1.807) is 31.3 Å². The number of amides is 3. The Labute approximate surface area is 118 Å². The molecule has 1 aromatic rings. The van der Waals surface area contributed by atoms with Gasteiger partial charge in [-0.3, -0.25) is 4.79 Å². The maximum absolute atomic E-state index is 12.2. The summed E-state index contributed by atoms with van der Waals surface area (Å²) in [4.78, 5) is 23.4. The molecule has 1 aromatic carbocycles. The number of rotatable bonds is 3. The molecule has 1 heterocycles. The SMILES string of the molecule is CNC(=O)Nc1ccc(NC(=O)C2(C)CCNC2)cc1. The van der Waals surface area contributed by atoms with Gasteiger partial charge in [0.15, 0.2) is 0 Å². The maximum atomic E-state index is 12.2. The number of hydrogen-bond acceptors (Lipinski definition) is 3. The third-order valence-corrected chi connectivity index (χ3v) is 3.54. The summed E-state index contributed by atoms with van der Waals surface area (Å²) in [5.74, 6) is 0.0227. The zero-order valence-corrected chi connectivity index (χ0v) is 11.7. The summed E-state index contributed by atoms with van der Waals surface area (Å²) in [6.45, 7) is 3.54. The molecule has 4 N–H and O–H groups in total. The minimum absolute atomic E-state index is 0.0227. The zero-order valence-electron chi connectivity index (χ0n) is 11.7. The molecule has 0 aromatic heterocycles. The molecule has 0 bridgehead atoms. The predicted molar refractivity (Wildman–Crippen MR) is 78.7 cm³/mol. The largest absolute Gasteiger partial charge is 0.341 e. The Morgan fingerprint density at radius 3 is 2.25 bits per heavy atom. The van der Waals surface area contributed by atoms with Gasteiger partial charge >= 0.3 is 6.03 Å². The van der Waals surface area contributed by atoms with Crippen LogP contribution in [0, 0.1) is 5.41 Å². The van der Waals surface area contributed by atoms with Gasteiger partial charge in [0.1, 0.15) is 0 Å². The van der Waals surface area contributed by atoms with Gasteiger partial charge in [0, 0.05) is 25.0 Å². The molecular formula is C14H20N4O2. The molecule has 20 heavy (non-hydrogen) atoms. The van der Waals surface area contributed by atoms with Crippen LogP contribution in [0.3, 0.4) is 0 Å². The molecule has 0 aliphatic carbocycles. The van der Waals surface area contributed by atoms with Crippen molar-refractivity contribution in [1.82, 2.24) is 10.6 Å². The lowest BCUT2D eigenvalue weighted by atomic mass is 9.89. The summed E-state index contributed by atoms with van der Waals surface area (Å²) in [5, 5.41) is 11.3. The van der Waals surface area contributed by atoms with Crippen molar-refractivity contribution in [2.75, 3.05) is 30.8 Å². The van der Waals surface area contributed by atoms with Crippen molar-refractivity contribution in [2.45, 2.75) is 13.3 Å². The van der Waals surface area contributed by atoms with Crippen LogP contribution in [0.1, 0.15) is 13.3 Å². The first-order valence-corrected chi connectivity index (χ1v) is 6.64. The Morgan fingerprint density at radius 2 is 1.75 bits per heavy atom. The van der Waals surface area contributed by atoms with Crippen LogP contribution in [0.15, 0.2) is 24.3 Å². The van der Waals surface area contributed by atoms with Gasteiger partial charge in [-0.25, -0.2) is 4.79 Å². The number of benzene rings is 1. The third-order valence-electron chi connectivity index (χ3n) is 3.54. The van der Waals surface area contributed by atoms with E-state index >= 15 is 0 Å². The summed E-state index contributed by atoms with van der Waals surface area (Å²) in [6, 6.07) is 6.77. The highest BCUT2D eigenvalue weighted by molar-refractivity contribution is 5.96. The maximum Gasteiger partial charge on any atom is 0.318 e. The molecule has 0 radical (unpaired) electrons. The summed E-state index contributed by atoms with van der Waals surface area (Å²) in [7, 11) is 1.56. The van der Waals surface area contributed by atoms with Gasteiger partial charge < -0.3 is 21.3 Å². The van der Waals surface area contributed by atoms with Crippen LogP contribution in [0.4, 0.5) is 16.2 Å². The van der Waals surface area contributed by atoms with Gasteiger partial charge in [-0.2, -0.15) is 0 Å². The van der Waals surface area contributed by atoms with E-state index in [0.29, 0.717) is 12.2 Å². The van der Waals surface area contributed by atoms with Crippen LogP contribution in [-0.2, 0) is 4.79 Å². The molecule has 1 aliphatic heterocycles. The van der Waals surface area contributed by atoms with Gasteiger partial charge in [0.25, 0.3) is 0 Å². The van der Waals surface area contributed by atoms with Gasteiger partial charge in [-0.05, 0) is 44.2 Å². The van der Waals surface area contributed by atoms with Crippen LogP contribution < -0.4 is 21.3 Å². The Hall–Kier alpha value is -2.08. The fourth-order valence-corrected chi connectivity index (χ4v) is 2.12.